The van der Waals surface area contributed by atoms with Gasteiger partial charge in [0.2, 0.25) is 5.91 Å². The first-order chi connectivity index (χ1) is 12.6. The van der Waals surface area contributed by atoms with Crippen molar-refractivity contribution >= 4 is 23.4 Å². The van der Waals surface area contributed by atoms with E-state index < -0.39 is 22.9 Å². The average molecular weight is 398 g/mol. The lowest BCUT2D eigenvalue weighted by Crippen LogP contribution is -2.31. The molecule has 0 aliphatic rings. The Hall–Kier alpha value is -2.29. The van der Waals surface area contributed by atoms with Gasteiger partial charge in [0.1, 0.15) is 5.82 Å². The van der Waals surface area contributed by atoms with Crippen LogP contribution in [-0.4, -0.2) is 25.9 Å². The number of carbonyl (C=O) groups is 1. The molecule has 1 unspecified atom stereocenters. The van der Waals surface area contributed by atoms with Crippen LogP contribution >= 0.6 is 11.8 Å². The average Bonchev–Trinajstić information content (AvgIpc) is 2.92. The summed E-state index contributed by atoms with van der Waals surface area (Å²) in [5.74, 6) is 0.0162. The Labute approximate surface area is 160 Å². The van der Waals surface area contributed by atoms with Gasteiger partial charge in [-0.15, -0.1) is 16.8 Å². The van der Waals surface area contributed by atoms with Gasteiger partial charge in [-0.3, -0.25) is 4.79 Å². The smallest absolute Gasteiger partial charge is 0.325 e. The minimum Gasteiger partial charge on any atom is -0.325 e. The van der Waals surface area contributed by atoms with Gasteiger partial charge in [-0.2, -0.15) is 13.2 Å². The molecule has 27 heavy (non-hydrogen) atoms. The van der Waals surface area contributed by atoms with Crippen molar-refractivity contribution in [2.45, 2.75) is 43.9 Å². The molecule has 0 aliphatic heterocycles. The molecule has 1 heterocycles. The number of hydrogen-bond donors (Lipinski definition) is 1. The van der Waals surface area contributed by atoms with Crippen LogP contribution in [0.25, 0.3) is 0 Å². The molecule has 0 spiro atoms. The van der Waals surface area contributed by atoms with Crippen molar-refractivity contribution in [1.29, 1.82) is 0 Å². The van der Waals surface area contributed by atoms with Crippen molar-refractivity contribution in [3.05, 3.63) is 48.3 Å². The number of amides is 1. The van der Waals surface area contributed by atoms with E-state index >= 15 is 0 Å². The number of aromatic nitrogens is 3. The first-order valence-corrected chi connectivity index (χ1v) is 9.17. The Bertz CT molecular complexity index is 817. The van der Waals surface area contributed by atoms with Crippen LogP contribution in [0.4, 0.5) is 18.9 Å². The Morgan fingerprint density at radius 3 is 2.59 bits per heavy atom. The summed E-state index contributed by atoms with van der Waals surface area (Å²) in [4.78, 5) is 12.7. The zero-order chi connectivity index (χ0) is 20.2. The first-order valence-electron chi connectivity index (χ1n) is 8.29. The molecule has 0 fully saturated rings. The van der Waals surface area contributed by atoms with Crippen molar-refractivity contribution in [2.75, 3.05) is 5.32 Å². The second-order valence-electron chi connectivity index (χ2n) is 6.24. The number of halogens is 3. The molecule has 1 aromatic heterocycles. The SMILES string of the molecule is C=CCn1c(C)nnc1SC(C(=O)Nc1ccccc1C(F)(F)F)C(C)C. The maximum Gasteiger partial charge on any atom is 0.418 e. The molecule has 0 saturated carbocycles. The maximum atomic E-state index is 13.2. The molecule has 1 N–H and O–H groups in total. The Kier molecular flexibility index (Phi) is 6.69. The Morgan fingerprint density at radius 2 is 2.00 bits per heavy atom. The molecule has 5 nitrogen and oxygen atoms in total. The topological polar surface area (TPSA) is 59.8 Å². The number of hydrogen-bond acceptors (Lipinski definition) is 4. The summed E-state index contributed by atoms with van der Waals surface area (Å²) < 4.78 is 41.3. The van der Waals surface area contributed by atoms with Crippen molar-refractivity contribution in [3.63, 3.8) is 0 Å². The third kappa shape index (κ3) is 5.12. The molecule has 1 aromatic carbocycles. The van der Waals surface area contributed by atoms with Crippen LogP contribution < -0.4 is 5.32 Å². The lowest BCUT2D eigenvalue weighted by molar-refractivity contribution is -0.137. The van der Waals surface area contributed by atoms with E-state index in [9.17, 15) is 18.0 Å². The highest BCUT2D eigenvalue weighted by Crippen LogP contribution is 2.35. The van der Waals surface area contributed by atoms with Crippen molar-refractivity contribution in [1.82, 2.24) is 14.8 Å². The van der Waals surface area contributed by atoms with Crippen LogP contribution in [0.2, 0.25) is 0 Å². The van der Waals surface area contributed by atoms with E-state index in [-0.39, 0.29) is 11.6 Å². The van der Waals surface area contributed by atoms with Crippen LogP contribution in [0.5, 0.6) is 0 Å². The fourth-order valence-electron chi connectivity index (χ4n) is 2.44. The van der Waals surface area contributed by atoms with Gasteiger partial charge in [-0.25, -0.2) is 0 Å². The molecule has 0 aliphatic carbocycles. The molecule has 1 atom stereocenters. The largest absolute Gasteiger partial charge is 0.418 e. The fourth-order valence-corrected chi connectivity index (χ4v) is 3.52. The van der Waals surface area contributed by atoms with Crippen LogP contribution in [0, 0.1) is 12.8 Å². The maximum absolute atomic E-state index is 13.2. The number of aryl methyl sites for hydroxylation is 1. The molecule has 1 amide bonds. The molecule has 2 rings (SSSR count). The summed E-state index contributed by atoms with van der Waals surface area (Å²) in [6.07, 6.45) is -2.87. The summed E-state index contributed by atoms with van der Waals surface area (Å²) in [6, 6.07) is 4.92. The highest BCUT2D eigenvalue weighted by Gasteiger charge is 2.34. The molecule has 9 heteroatoms. The van der Waals surface area contributed by atoms with Crippen molar-refractivity contribution in [3.8, 4) is 0 Å². The highest BCUT2D eigenvalue weighted by molar-refractivity contribution is 8.00. The monoisotopic (exact) mass is 398 g/mol. The van der Waals surface area contributed by atoms with E-state index in [1.54, 1.807) is 17.6 Å². The number of thioether (sulfide) groups is 1. The first kappa shape index (κ1) is 21.0. The summed E-state index contributed by atoms with van der Waals surface area (Å²) in [7, 11) is 0. The number of allylic oxidation sites excluding steroid dienone is 1. The summed E-state index contributed by atoms with van der Waals surface area (Å²) in [5, 5.41) is 10.4. The van der Waals surface area contributed by atoms with Crippen LogP contribution in [0.1, 0.15) is 25.2 Å². The Morgan fingerprint density at radius 1 is 1.33 bits per heavy atom. The third-order valence-electron chi connectivity index (χ3n) is 3.80. The Balaban J connectivity index is 2.26. The number of alkyl halides is 3. The normalized spacial score (nSPS) is 12.9. The van der Waals surface area contributed by atoms with Crippen LogP contribution in [0.15, 0.2) is 42.1 Å². The van der Waals surface area contributed by atoms with E-state index in [2.05, 4.69) is 22.1 Å². The minimum atomic E-state index is -4.55. The predicted octanol–water partition coefficient (Wildman–Crippen LogP) is 4.55. The van der Waals surface area contributed by atoms with Gasteiger partial charge >= 0.3 is 6.18 Å². The van der Waals surface area contributed by atoms with Crippen LogP contribution in [-0.2, 0) is 17.5 Å². The second kappa shape index (κ2) is 8.60. The van der Waals surface area contributed by atoms with Gasteiger partial charge in [-0.1, -0.05) is 43.8 Å². The number of anilines is 1. The number of rotatable bonds is 7. The zero-order valence-corrected chi connectivity index (χ0v) is 16.1. The highest BCUT2D eigenvalue weighted by atomic mass is 32.2. The van der Waals surface area contributed by atoms with E-state index in [1.165, 1.54) is 30.0 Å². The van der Waals surface area contributed by atoms with E-state index in [0.717, 1.165) is 6.07 Å². The number of nitrogens with one attached hydrogen (secondary N) is 1. The number of nitrogens with zero attached hydrogens (tertiary/aromatic N) is 3. The molecule has 0 saturated heterocycles. The van der Waals surface area contributed by atoms with E-state index in [0.29, 0.717) is 17.5 Å². The summed E-state index contributed by atoms with van der Waals surface area (Å²) in [6.45, 7) is 9.60. The van der Waals surface area contributed by atoms with Gasteiger partial charge in [-0.05, 0) is 25.0 Å². The predicted molar refractivity (Wildman–Crippen MR) is 99.5 cm³/mol. The van der Waals surface area contributed by atoms with Crippen molar-refractivity contribution in [2.24, 2.45) is 5.92 Å². The molecule has 146 valence electrons. The molecule has 2 aromatic rings. The minimum absolute atomic E-state index is 0.137. The summed E-state index contributed by atoms with van der Waals surface area (Å²) in [5.41, 5.74) is -1.14. The number of para-hydroxylation sites is 1. The molecular weight excluding hydrogens is 377 g/mol. The quantitative estimate of drug-likeness (QED) is 0.549. The van der Waals surface area contributed by atoms with Gasteiger partial charge < -0.3 is 9.88 Å². The lowest BCUT2D eigenvalue weighted by Gasteiger charge is -2.21. The third-order valence-corrected chi connectivity index (χ3v) is 5.33. The number of carbonyl (C=O) groups excluding carboxylic acids is 1. The van der Waals surface area contributed by atoms with Crippen LogP contribution in [0.3, 0.4) is 0 Å². The van der Waals surface area contributed by atoms with E-state index in [1.807, 2.05) is 13.8 Å². The van der Waals surface area contributed by atoms with Gasteiger partial charge in [0.15, 0.2) is 5.16 Å². The molecule has 0 radical (unpaired) electrons. The standard InChI is InChI=1S/C18H21F3N4OS/c1-5-10-25-12(4)23-24-17(25)27-15(11(2)3)16(26)22-14-9-7-6-8-13(14)18(19,20)21/h5-9,11,15H,1,10H2,2-4H3,(H,22,26). The van der Waals surface area contributed by atoms with Gasteiger partial charge in [0.05, 0.1) is 16.5 Å². The van der Waals surface area contributed by atoms with Gasteiger partial charge in [0.25, 0.3) is 0 Å². The van der Waals surface area contributed by atoms with Gasteiger partial charge in [0, 0.05) is 6.54 Å². The zero-order valence-electron chi connectivity index (χ0n) is 15.2. The van der Waals surface area contributed by atoms with E-state index in [4.69, 9.17) is 0 Å². The second-order valence-corrected chi connectivity index (χ2v) is 7.35. The van der Waals surface area contributed by atoms with Crippen molar-refractivity contribution < 1.29 is 18.0 Å². The lowest BCUT2D eigenvalue weighted by atomic mass is 10.1. The summed E-state index contributed by atoms with van der Waals surface area (Å²) >= 11 is 1.17. The number of benzene rings is 1. The fraction of sp³-hybridized carbons (Fsp3) is 0.389. The molecular formula is C18H21F3N4OS. The molecule has 0 bridgehead atoms.